The first-order chi connectivity index (χ1) is 13.1. The van der Waals surface area contributed by atoms with E-state index in [2.05, 4.69) is 11.4 Å². The number of likely N-dealkylation sites (N-methyl/N-ethyl adjacent to an activating group) is 1. The number of anilines is 1. The van der Waals surface area contributed by atoms with Gasteiger partial charge in [0.25, 0.3) is 11.8 Å². The van der Waals surface area contributed by atoms with Gasteiger partial charge in [0.2, 0.25) is 0 Å². The van der Waals surface area contributed by atoms with Crippen molar-refractivity contribution in [2.75, 3.05) is 31.7 Å². The monoisotopic (exact) mass is 388 g/mol. The number of amides is 2. The van der Waals surface area contributed by atoms with E-state index in [0.29, 0.717) is 12.6 Å². The second kappa shape index (κ2) is 9.42. The normalized spacial score (nSPS) is 17.8. The number of carbonyl (C=O) groups excluding carboxylic acids is 2. The van der Waals surface area contributed by atoms with E-state index in [-0.39, 0.29) is 18.4 Å². The molecule has 0 spiro atoms. The fourth-order valence-electron chi connectivity index (χ4n) is 3.59. The Morgan fingerprint density at radius 2 is 2.00 bits per heavy atom. The lowest BCUT2D eigenvalue weighted by molar-refractivity contribution is -0.862. The molecule has 1 atom stereocenters. The summed E-state index contributed by atoms with van der Waals surface area (Å²) in [7, 11) is 1.91. The van der Waals surface area contributed by atoms with Gasteiger partial charge in [-0.2, -0.15) is 0 Å². The van der Waals surface area contributed by atoms with Crippen LogP contribution in [0.15, 0.2) is 40.9 Å². The largest absolute Gasteiger partial charge is 0.322 e. The number of para-hydroxylation sites is 1. The van der Waals surface area contributed by atoms with Crippen molar-refractivity contribution in [1.82, 2.24) is 4.90 Å². The Kier molecular flexibility index (Phi) is 6.96. The van der Waals surface area contributed by atoms with Crippen LogP contribution < -0.4 is 10.2 Å². The molecule has 6 heteroatoms. The third-order valence-electron chi connectivity index (χ3n) is 5.05. The van der Waals surface area contributed by atoms with E-state index in [1.165, 1.54) is 18.5 Å². The predicted octanol–water partition coefficient (Wildman–Crippen LogP) is 2.31. The minimum Gasteiger partial charge on any atom is -0.322 e. The number of rotatable bonds is 8. The molecule has 0 bridgehead atoms. The van der Waals surface area contributed by atoms with Gasteiger partial charge in [-0.05, 0) is 56.9 Å². The number of benzene rings is 1. The van der Waals surface area contributed by atoms with Crippen molar-refractivity contribution in [1.29, 1.82) is 0 Å². The van der Waals surface area contributed by atoms with Crippen LogP contribution in [0.25, 0.3) is 0 Å². The molecule has 0 saturated heterocycles. The fraction of sp³-hybridized carbons (Fsp3) is 0.524. The molecule has 1 unspecified atom stereocenters. The summed E-state index contributed by atoms with van der Waals surface area (Å²) < 4.78 is 0. The molecular formula is C21H30N3O2S+. The first-order valence-corrected chi connectivity index (χ1v) is 11.1. The highest BCUT2D eigenvalue weighted by atomic mass is 32.2. The van der Waals surface area contributed by atoms with E-state index in [1.807, 2.05) is 42.5 Å². The number of nitrogens with zero attached hydrogens (tertiary/aromatic N) is 1. The van der Waals surface area contributed by atoms with Crippen LogP contribution in [0.1, 0.15) is 38.5 Å². The van der Waals surface area contributed by atoms with Crippen LogP contribution in [0, 0.1) is 0 Å². The maximum atomic E-state index is 12.9. The minimum absolute atomic E-state index is 0.0587. The SMILES string of the molecule is CSc1ccccc1NC(=O)C[NH+](C)CC(=O)N(C1=CCCCC1)C1CC1. The van der Waals surface area contributed by atoms with Gasteiger partial charge in [-0.1, -0.05) is 18.2 Å². The lowest BCUT2D eigenvalue weighted by atomic mass is 10.0. The Morgan fingerprint density at radius 3 is 2.67 bits per heavy atom. The summed E-state index contributed by atoms with van der Waals surface area (Å²) in [6, 6.07) is 8.17. The Labute approximate surface area is 166 Å². The van der Waals surface area contributed by atoms with Crippen LogP contribution in [0.3, 0.4) is 0 Å². The van der Waals surface area contributed by atoms with Crippen LogP contribution in [-0.2, 0) is 9.59 Å². The number of hydrogen-bond donors (Lipinski definition) is 2. The number of carbonyl (C=O) groups is 2. The van der Waals surface area contributed by atoms with Gasteiger partial charge in [0.1, 0.15) is 0 Å². The molecule has 1 saturated carbocycles. The van der Waals surface area contributed by atoms with Gasteiger partial charge in [0.15, 0.2) is 13.1 Å². The third kappa shape index (κ3) is 5.59. The average molecular weight is 389 g/mol. The maximum Gasteiger partial charge on any atom is 0.282 e. The van der Waals surface area contributed by atoms with Crippen molar-refractivity contribution in [3.05, 3.63) is 36.0 Å². The second-order valence-electron chi connectivity index (χ2n) is 7.50. The summed E-state index contributed by atoms with van der Waals surface area (Å²) in [6.07, 6.45) is 10.9. The van der Waals surface area contributed by atoms with Gasteiger partial charge >= 0.3 is 0 Å². The number of thioether (sulfide) groups is 1. The predicted molar refractivity (Wildman–Crippen MR) is 110 cm³/mol. The zero-order valence-electron chi connectivity index (χ0n) is 16.3. The van der Waals surface area contributed by atoms with E-state index in [4.69, 9.17) is 0 Å². The summed E-state index contributed by atoms with van der Waals surface area (Å²) in [4.78, 5) is 29.3. The van der Waals surface area contributed by atoms with Crippen molar-refractivity contribution < 1.29 is 14.5 Å². The highest BCUT2D eigenvalue weighted by Gasteiger charge is 2.36. The van der Waals surface area contributed by atoms with Crippen molar-refractivity contribution in [3.63, 3.8) is 0 Å². The summed E-state index contributed by atoms with van der Waals surface area (Å²) >= 11 is 1.61. The molecular weight excluding hydrogens is 358 g/mol. The zero-order chi connectivity index (χ0) is 19.2. The lowest BCUT2D eigenvalue weighted by Crippen LogP contribution is -3.11. The number of hydrogen-bond acceptors (Lipinski definition) is 3. The van der Waals surface area contributed by atoms with Gasteiger partial charge in [0, 0.05) is 16.6 Å². The van der Waals surface area contributed by atoms with Gasteiger partial charge in [0.05, 0.1) is 12.7 Å². The Morgan fingerprint density at radius 1 is 1.22 bits per heavy atom. The van der Waals surface area contributed by atoms with Gasteiger partial charge < -0.3 is 15.1 Å². The summed E-state index contributed by atoms with van der Waals surface area (Å²) in [6.45, 7) is 0.636. The Bertz CT molecular complexity index is 715. The number of quaternary nitrogens is 1. The van der Waals surface area contributed by atoms with Crippen molar-refractivity contribution >= 4 is 29.3 Å². The van der Waals surface area contributed by atoms with E-state index >= 15 is 0 Å². The minimum atomic E-state index is -0.0587. The molecule has 0 heterocycles. The smallest absolute Gasteiger partial charge is 0.282 e. The van der Waals surface area contributed by atoms with E-state index < -0.39 is 0 Å². The molecule has 1 aromatic rings. The topological polar surface area (TPSA) is 53.9 Å². The van der Waals surface area contributed by atoms with Crippen molar-refractivity contribution in [3.8, 4) is 0 Å². The highest BCUT2D eigenvalue weighted by molar-refractivity contribution is 7.98. The molecule has 2 aliphatic rings. The summed E-state index contributed by atoms with van der Waals surface area (Å²) in [5.41, 5.74) is 2.04. The van der Waals surface area contributed by atoms with Crippen LogP contribution in [0.2, 0.25) is 0 Å². The van der Waals surface area contributed by atoms with Gasteiger partial charge in [-0.15, -0.1) is 11.8 Å². The Hall–Kier alpha value is -1.79. The molecule has 146 valence electrons. The second-order valence-corrected chi connectivity index (χ2v) is 8.34. The molecule has 2 aliphatic carbocycles. The maximum absolute atomic E-state index is 12.9. The van der Waals surface area contributed by atoms with Crippen molar-refractivity contribution in [2.45, 2.75) is 49.5 Å². The molecule has 2 N–H and O–H groups in total. The van der Waals surface area contributed by atoms with E-state index in [1.54, 1.807) is 11.8 Å². The standard InChI is InChI=1S/C21H29N3O2S/c1-23(14-20(25)22-18-10-6-7-11-19(18)27-2)15-21(26)24(17-12-13-17)16-8-4-3-5-9-16/h6-8,10-11,17H,3-5,9,12-15H2,1-2H3,(H,22,25)/p+1. The number of allylic oxidation sites excluding steroid dienone is 2. The summed E-state index contributed by atoms with van der Waals surface area (Å²) in [5.74, 6) is 0.0946. The molecule has 27 heavy (non-hydrogen) atoms. The van der Waals surface area contributed by atoms with E-state index in [9.17, 15) is 9.59 Å². The van der Waals surface area contributed by atoms with Gasteiger partial charge in [-0.25, -0.2) is 0 Å². The lowest BCUT2D eigenvalue weighted by Gasteiger charge is -2.28. The number of nitrogens with one attached hydrogen (secondary N) is 2. The third-order valence-corrected chi connectivity index (χ3v) is 5.85. The molecule has 2 amide bonds. The molecule has 1 fully saturated rings. The zero-order valence-corrected chi connectivity index (χ0v) is 17.1. The van der Waals surface area contributed by atoms with Crippen molar-refractivity contribution in [2.24, 2.45) is 0 Å². The molecule has 0 radical (unpaired) electrons. The quantitative estimate of drug-likeness (QED) is 0.672. The fourth-order valence-corrected chi connectivity index (χ4v) is 4.15. The van der Waals surface area contributed by atoms with Gasteiger partial charge in [-0.3, -0.25) is 9.59 Å². The molecule has 3 rings (SSSR count). The molecule has 5 nitrogen and oxygen atoms in total. The Balaban J connectivity index is 1.54. The molecule has 0 aliphatic heterocycles. The van der Waals surface area contributed by atoms with Crippen LogP contribution >= 0.6 is 11.8 Å². The van der Waals surface area contributed by atoms with Crippen LogP contribution in [0.5, 0.6) is 0 Å². The van der Waals surface area contributed by atoms with E-state index in [0.717, 1.165) is 41.2 Å². The molecule has 0 aromatic heterocycles. The average Bonchev–Trinajstić information content (AvgIpc) is 3.48. The summed E-state index contributed by atoms with van der Waals surface area (Å²) in [5, 5.41) is 2.98. The first-order valence-electron chi connectivity index (χ1n) is 9.83. The highest BCUT2D eigenvalue weighted by Crippen LogP contribution is 2.33. The molecule has 1 aromatic carbocycles. The van der Waals surface area contributed by atoms with Crippen LogP contribution in [-0.4, -0.2) is 49.1 Å². The first kappa shape index (κ1) is 20.0. The van der Waals surface area contributed by atoms with Crippen LogP contribution in [0.4, 0.5) is 5.69 Å².